The molecule has 0 nitrogen and oxygen atoms in total. The van der Waals surface area contributed by atoms with Crippen molar-refractivity contribution in [2.45, 2.75) is 31.7 Å². The molecule has 0 bridgehead atoms. The van der Waals surface area contributed by atoms with Crippen molar-refractivity contribution in [3.8, 4) is 22.3 Å². The van der Waals surface area contributed by atoms with E-state index in [1.54, 1.807) is 22.3 Å². The van der Waals surface area contributed by atoms with Gasteiger partial charge in [0.2, 0.25) is 0 Å². The average molecular weight is 658 g/mol. The van der Waals surface area contributed by atoms with Crippen molar-refractivity contribution in [2.24, 2.45) is 0 Å². The molecule has 2 atom stereocenters. The van der Waals surface area contributed by atoms with E-state index in [-0.39, 0.29) is 24.8 Å². The van der Waals surface area contributed by atoms with Gasteiger partial charge in [0.05, 0.1) is 0 Å². The zero-order valence-electron chi connectivity index (χ0n) is 25.5. The van der Waals surface area contributed by atoms with E-state index in [9.17, 15) is 0 Å². The average Bonchev–Trinajstić information content (AvgIpc) is 3.62. The zero-order valence-corrected chi connectivity index (χ0v) is 28.6. The predicted molar refractivity (Wildman–Crippen MR) is 181 cm³/mol. The van der Waals surface area contributed by atoms with Gasteiger partial charge < -0.3 is 24.8 Å². The van der Waals surface area contributed by atoms with Gasteiger partial charge in [-0.3, -0.25) is 0 Å². The van der Waals surface area contributed by atoms with Crippen LogP contribution < -0.4 is 24.8 Å². The molecule has 3 aliphatic rings. The Labute approximate surface area is 282 Å². The maximum absolute atomic E-state index is 2.55. The Bertz CT molecular complexity index is 2030. The van der Waals surface area contributed by atoms with E-state index < -0.39 is 16.6 Å². The summed E-state index contributed by atoms with van der Waals surface area (Å²) in [5.41, 5.74) is 14.8. The van der Waals surface area contributed by atoms with Crippen LogP contribution in [0.25, 0.3) is 56.0 Å². The van der Waals surface area contributed by atoms with Gasteiger partial charge in [0.15, 0.2) is 0 Å². The van der Waals surface area contributed by atoms with Crippen molar-refractivity contribution < 1.29 is 41.4 Å². The molecule has 2 unspecified atom stereocenters. The Morgan fingerprint density at radius 3 is 1.31 bits per heavy atom. The maximum atomic E-state index is 2.55. The summed E-state index contributed by atoms with van der Waals surface area (Å²) in [6, 6.07) is 45.6. The number of hydrogen-bond acceptors (Lipinski definition) is 0. The molecule has 6 aromatic carbocycles. The Balaban J connectivity index is 0.00000163. The van der Waals surface area contributed by atoms with Crippen LogP contribution in [0.2, 0.25) is 9.45 Å². The van der Waals surface area contributed by atoms with E-state index >= 15 is 0 Å². The summed E-state index contributed by atoms with van der Waals surface area (Å²) in [6.07, 6.45) is 5.10. The molecule has 6 aromatic rings. The second-order valence-corrected chi connectivity index (χ2v) is 20.3. The SMILES string of the molecule is CC1=Cc2c(-c3ccc4ccccc4c3)cccc2[CH]1[Ti+2]1([CH]2C(C)=Cc3c(-c4ccc5ccccc5c4)cccc32)[CH2][CH2]1.[Cl-].[Cl-]. The normalized spacial score (nSPS) is 18.1. The third kappa shape index (κ3) is 4.69. The standard InChI is InChI=1S/2C20H15.C2H4.2ClH.Ti/c2*1-14-11-17-7-4-8-19(20(17)12-14)18-10-9-15-5-2-3-6-16(15)13-18;1-2;;;/h2*2-13H,1H3;1-2H2;2*1H;/q;;;;;+2/p-2. The van der Waals surface area contributed by atoms with Crippen molar-refractivity contribution in [3.05, 3.63) is 155 Å². The van der Waals surface area contributed by atoms with Gasteiger partial charge in [-0.15, -0.1) is 0 Å². The van der Waals surface area contributed by atoms with E-state index in [4.69, 9.17) is 0 Å². The maximum Gasteiger partial charge on any atom is -1.00 e. The van der Waals surface area contributed by atoms with Crippen molar-refractivity contribution in [3.63, 3.8) is 0 Å². The van der Waals surface area contributed by atoms with E-state index in [0.717, 1.165) is 0 Å². The predicted octanol–water partition coefficient (Wildman–Crippen LogP) is 5.96. The van der Waals surface area contributed by atoms with Gasteiger partial charge in [-0.05, 0) is 0 Å². The number of rotatable bonds is 4. The summed E-state index contributed by atoms with van der Waals surface area (Å²) in [4.78, 5) is 0. The Kier molecular flexibility index (Phi) is 7.70. The van der Waals surface area contributed by atoms with Crippen molar-refractivity contribution in [1.82, 2.24) is 0 Å². The fourth-order valence-corrected chi connectivity index (χ4v) is 19.2. The van der Waals surface area contributed by atoms with Crippen LogP contribution in [0.3, 0.4) is 0 Å². The minimum absolute atomic E-state index is 0. The number of allylic oxidation sites excluding steroid dienone is 2. The van der Waals surface area contributed by atoms with Crippen molar-refractivity contribution >= 4 is 33.7 Å². The summed E-state index contributed by atoms with van der Waals surface area (Å²) in [5, 5.41) is 5.24. The molecule has 0 radical (unpaired) electrons. The fraction of sp³-hybridized carbons (Fsp3) is 0.143. The van der Waals surface area contributed by atoms with Gasteiger partial charge in [-0.1, -0.05) is 0 Å². The molecule has 220 valence electrons. The number of benzene rings is 6. The minimum atomic E-state index is -2.36. The summed E-state index contributed by atoms with van der Waals surface area (Å²) in [6.45, 7) is 4.86. The molecule has 2 aliphatic carbocycles. The summed E-state index contributed by atoms with van der Waals surface area (Å²) >= 11 is -2.36. The molecule has 9 rings (SSSR count). The first-order valence-corrected chi connectivity index (χ1v) is 19.7. The van der Waals surface area contributed by atoms with Crippen LogP contribution in [-0.4, -0.2) is 0 Å². The van der Waals surface area contributed by atoms with Crippen LogP contribution in [0, 0.1) is 0 Å². The quantitative estimate of drug-likeness (QED) is 0.206. The van der Waals surface area contributed by atoms with Gasteiger partial charge in [0, 0.05) is 0 Å². The third-order valence-corrected chi connectivity index (χ3v) is 19.2. The Hall–Kier alpha value is -3.39. The molecule has 3 heteroatoms. The first-order valence-electron chi connectivity index (χ1n) is 15.7. The fourth-order valence-electron chi connectivity index (χ4n) is 8.74. The summed E-state index contributed by atoms with van der Waals surface area (Å²) in [7, 11) is 0. The van der Waals surface area contributed by atoms with Gasteiger partial charge in [0.1, 0.15) is 0 Å². The molecule has 45 heavy (non-hydrogen) atoms. The molecule has 0 N–H and O–H groups in total. The number of halogens is 2. The van der Waals surface area contributed by atoms with Crippen LogP contribution in [-0.2, 0) is 16.6 Å². The smallest absolute Gasteiger partial charge is 1.00 e. The monoisotopic (exact) mass is 656 g/mol. The van der Waals surface area contributed by atoms with Crippen LogP contribution in [0.15, 0.2) is 132 Å². The summed E-state index contributed by atoms with van der Waals surface area (Å²) in [5.74, 6) is 0. The Morgan fingerprint density at radius 1 is 0.467 bits per heavy atom. The third-order valence-electron chi connectivity index (χ3n) is 10.7. The van der Waals surface area contributed by atoms with E-state index in [2.05, 4.69) is 147 Å². The minimum Gasteiger partial charge on any atom is -1.00 e. The van der Waals surface area contributed by atoms with Crippen LogP contribution in [0.4, 0.5) is 0 Å². The van der Waals surface area contributed by atoms with Crippen molar-refractivity contribution in [1.29, 1.82) is 0 Å². The molecule has 1 aliphatic heterocycles. The molecule has 1 saturated heterocycles. The second kappa shape index (κ2) is 11.4. The molecular weight excluding hydrogens is 623 g/mol. The van der Waals surface area contributed by atoms with Crippen LogP contribution in [0.1, 0.15) is 44.5 Å². The zero-order chi connectivity index (χ0) is 28.7. The molecular formula is C42H34Cl2Ti. The van der Waals surface area contributed by atoms with Gasteiger partial charge >= 0.3 is 259 Å². The molecule has 0 aromatic heterocycles. The van der Waals surface area contributed by atoms with E-state index in [1.807, 2.05) is 0 Å². The van der Waals surface area contributed by atoms with E-state index in [1.165, 1.54) is 64.4 Å². The van der Waals surface area contributed by atoms with Gasteiger partial charge in [0.25, 0.3) is 0 Å². The molecule has 1 heterocycles. The Morgan fingerprint density at radius 2 is 0.889 bits per heavy atom. The van der Waals surface area contributed by atoms with Crippen LogP contribution in [0.5, 0.6) is 0 Å². The molecule has 0 spiro atoms. The molecule has 1 fully saturated rings. The number of hydrogen-bond donors (Lipinski definition) is 0. The topological polar surface area (TPSA) is 0 Å². The largest absolute Gasteiger partial charge is 1.00 e. The second-order valence-electron chi connectivity index (χ2n) is 13.1. The van der Waals surface area contributed by atoms with Gasteiger partial charge in [-0.25, -0.2) is 0 Å². The van der Waals surface area contributed by atoms with Gasteiger partial charge in [-0.2, -0.15) is 0 Å². The van der Waals surface area contributed by atoms with Crippen molar-refractivity contribution in [2.75, 3.05) is 0 Å². The number of fused-ring (bicyclic) bond motifs is 4. The van der Waals surface area contributed by atoms with Crippen LogP contribution >= 0.6 is 0 Å². The first-order chi connectivity index (χ1) is 21.1. The summed E-state index contributed by atoms with van der Waals surface area (Å²) < 4.78 is 4.20. The first kappa shape index (κ1) is 30.3. The molecule has 0 saturated carbocycles. The van der Waals surface area contributed by atoms with E-state index in [0.29, 0.717) is 8.45 Å². The molecule has 0 amide bonds.